The number of rotatable bonds is 0. The monoisotopic (exact) mass is 280 g/mol. The van der Waals surface area contributed by atoms with Crippen molar-refractivity contribution >= 4 is 17.4 Å². The quantitative estimate of drug-likeness (QED) is 0.652. The normalized spacial score (nSPS) is 21.9. The number of fused-ring (bicyclic) bond motifs is 1. The van der Waals surface area contributed by atoms with Crippen molar-refractivity contribution in [3.8, 4) is 0 Å². The highest BCUT2D eigenvalue weighted by atomic mass is 16.2. The van der Waals surface area contributed by atoms with Crippen LogP contribution in [0.5, 0.6) is 0 Å². The summed E-state index contributed by atoms with van der Waals surface area (Å²) in [5, 5.41) is 0. The molecule has 2 heterocycles. The van der Waals surface area contributed by atoms with Crippen LogP contribution in [0.1, 0.15) is 20.8 Å². The molecule has 0 radical (unpaired) electrons. The molecule has 0 saturated carbocycles. The lowest BCUT2D eigenvalue weighted by Crippen LogP contribution is -2.58. The molecule has 1 aliphatic heterocycles. The minimum absolute atomic E-state index is 0.00380. The summed E-state index contributed by atoms with van der Waals surface area (Å²) >= 11 is 0. The Morgan fingerprint density at radius 2 is 1.55 bits per heavy atom. The first-order chi connectivity index (χ1) is 9.20. The molecule has 1 amide bonds. The number of hydrogen-bond donors (Lipinski definition) is 0. The second-order valence-electron chi connectivity index (χ2n) is 5.36. The van der Waals surface area contributed by atoms with Crippen LogP contribution in [-0.2, 0) is 18.9 Å². The van der Waals surface area contributed by atoms with Crippen molar-refractivity contribution in [2.75, 3.05) is 16.8 Å². The van der Waals surface area contributed by atoms with Crippen LogP contribution in [-0.4, -0.2) is 34.2 Å². The molecule has 0 N–H and O–H groups in total. The summed E-state index contributed by atoms with van der Waals surface area (Å²) in [5.74, 6) is 0.286. The first kappa shape index (κ1) is 14.4. The minimum Gasteiger partial charge on any atom is -0.354 e. The molecule has 7 nitrogen and oxygen atoms in total. The van der Waals surface area contributed by atoms with Crippen molar-refractivity contribution in [2.24, 2.45) is 14.1 Å². The van der Waals surface area contributed by atoms with E-state index >= 15 is 0 Å². The summed E-state index contributed by atoms with van der Waals surface area (Å²) < 4.78 is 2.44. The van der Waals surface area contributed by atoms with E-state index in [9.17, 15) is 14.4 Å². The lowest BCUT2D eigenvalue weighted by Gasteiger charge is -2.44. The maximum Gasteiger partial charge on any atom is 0.332 e. The van der Waals surface area contributed by atoms with Gasteiger partial charge in [0.2, 0.25) is 5.91 Å². The van der Waals surface area contributed by atoms with Crippen molar-refractivity contribution in [1.82, 2.24) is 9.13 Å². The molecule has 0 aromatic carbocycles. The van der Waals surface area contributed by atoms with Gasteiger partial charge in [-0.1, -0.05) is 0 Å². The van der Waals surface area contributed by atoms with Gasteiger partial charge in [0.05, 0.1) is 6.04 Å². The SMILES string of the molecule is CC(=O)N1c2c(n(C)c(=O)n(C)c2=O)N(C)C(C)C1C. The lowest BCUT2D eigenvalue weighted by atomic mass is 10.0. The van der Waals surface area contributed by atoms with Crippen molar-refractivity contribution < 1.29 is 4.79 Å². The Kier molecular flexibility index (Phi) is 3.23. The average molecular weight is 280 g/mol. The summed E-state index contributed by atoms with van der Waals surface area (Å²) in [6, 6.07) is -0.140. The number of nitrogens with zero attached hydrogens (tertiary/aromatic N) is 4. The van der Waals surface area contributed by atoms with E-state index in [1.165, 1.54) is 23.4 Å². The third-order valence-corrected chi connectivity index (χ3v) is 4.24. The molecule has 7 heteroatoms. The fourth-order valence-electron chi connectivity index (χ4n) is 2.81. The molecule has 110 valence electrons. The molecule has 1 aliphatic rings. The first-order valence-electron chi connectivity index (χ1n) is 6.52. The zero-order valence-electron chi connectivity index (χ0n) is 12.7. The van der Waals surface area contributed by atoms with Crippen molar-refractivity contribution in [3.05, 3.63) is 20.8 Å². The summed E-state index contributed by atoms with van der Waals surface area (Å²) in [5.41, 5.74) is -0.565. The molecule has 0 aliphatic carbocycles. The third-order valence-electron chi connectivity index (χ3n) is 4.24. The highest BCUT2D eigenvalue weighted by Gasteiger charge is 2.38. The van der Waals surface area contributed by atoms with E-state index in [0.717, 1.165) is 4.57 Å². The molecule has 0 fully saturated rings. The summed E-state index contributed by atoms with van der Waals surface area (Å²) in [6.45, 7) is 5.30. The lowest BCUT2D eigenvalue weighted by molar-refractivity contribution is -0.117. The van der Waals surface area contributed by atoms with Crippen LogP contribution in [0.3, 0.4) is 0 Å². The van der Waals surface area contributed by atoms with Gasteiger partial charge < -0.3 is 4.90 Å². The van der Waals surface area contributed by atoms with Crippen LogP contribution < -0.4 is 21.0 Å². The predicted molar refractivity (Wildman–Crippen MR) is 77.4 cm³/mol. The van der Waals surface area contributed by atoms with E-state index in [0.29, 0.717) is 5.82 Å². The molecule has 1 aromatic heterocycles. The van der Waals surface area contributed by atoms with Gasteiger partial charge in [-0.3, -0.25) is 23.6 Å². The van der Waals surface area contributed by atoms with E-state index in [2.05, 4.69) is 0 Å². The number of amides is 1. The van der Waals surface area contributed by atoms with Gasteiger partial charge in [0.15, 0.2) is 5.69 Å². The topological polar surface area (TPSA) is 67.5 Å². The Bertz CT molecular complexity index is 688. The largest absolute Gasteiger partial charge is 0.354 e. The van der Waals surface area contributed by atoms with Gasteiger partial charge in [0.1, 0.15) is 5.82 Å². The van der Waals surface area contributed by atoms with Gasteiger partial charge in [-0.15, -0.1) is 0 Å². The summed E-state index contributed by atoms with van der Waals surface area (Å²) in [7, 11) is 4.86. The van der Waals surface area contributed by atoms with E-state index in [1.807, 2.05) is 25.8 Å². The van der Waals surface area contributed by atoms with Gasteiger partial charge in [-0.2, -0.15) is 0 Å². The Labute approximate surface area is 117 Å². The predicted octanol–water partition coefficient (Wildman–Crippen LogP) is -0.336. The van der Waals surface area contributed by atoms with Gasteiger partial charge in [-0.25, -0.2) is 4.79 Å². The summed E-state index contributed by atoms with van der Waals surface area (Å²) in [6.07, 6.45) is 0. The number of hydrogen-bond acceptors (Lipinski definition) is 4. The average Bonchev–Trinajstić information content (AvgIpc) is 2.39. The maximum absolute atomic E-state index is 12.4. The molecule has 2 unspecified atom stereocenters. The van der Waals surface area contributed by atoms with Crippen molar-refractivity contribution in [3.63, 3.8) is 0 Å². The molecule has 1 aromatic rings. The van der Waals surface area contributed by atoms with E-state index in [4.69, 9.17) is 0 Å². The summed E-state index contributed by atoms with van der Waals surface area (Å²) in [4.78, 5) is 39.8. The van der Waals surface area contributed by atoms with E-state index in [1.54, 1.807) is 7.05 Å². The number of carbonyl (C=O) groups excluding carboxylic acids is 1. The highest BCUT2D eigenvalue weighted by Crippen LogP contribution is 2.33. The van der Waals surface area contributed by atoms with E-state index < -0.39 is 11.2 Å². The standard InChI is InChI=1S/C13H20N4O3/c1-7-8(2)17(9(3)18)10-11(14(7)4)15(5)13(20)16(6)12(10)19/h7-8H,1-6H3. The van der Waals surface area contributed by atoms with Crippen molar-refractivity contribution in [1.29, 1.82) is 0 Å². The van der Waals surface area contributed by atoms with Gasteiger partial charge in [0.25, 0.3) is 5.56 Å². The van der Waals surface area contributed by atoms with Gasteiger partial charge in [0, 0.05) is 34.1 Å². The second-order valence-corrected chi connectivity index (χ2v) is 5.36. The molecule has 2 atom stereocenters. The number of likely N-dealkylation sites (N-methyl/N-ethyl adjacent to an activating group) is 1. The molecule has 0 spiro atoms. The maximum atomic E-state index is 12.4. The molecular formula is C13H20N4O3. The van der Waals surface area contributed by atoms with Crippen LogP contribution in [0, 0.1) is 0 Å². The highest BCUT2D eigenvalue weighted by molar-refractivity contribution is 5.96. The molecule has 0 bridgehead atoms. The number of aromatic nitrogens is 2. The van der Waals surface area contributed by atoms with Gasteiger partial charge >= 0.3 is 5.69 Å². The number of carbonyl (C=O) groups is 1. The zero-order valence-corrected chi connectivity index (χ0v) is 12.7. The Balaban J connectivity index is 2.94. The van der Waals surface area contributed by atoms with Crippen LogP contribution in [0.25, 0.3) is 0 Å². The molecular weight excluding hydrogens is 260 g/mol. The second kappa shape index (κ2) is 4.50. The molecule has 0 saturated heterocycles. The Morgan fingerprint density at radius 3 is 2.05 bits per heavy atom. The zero-order chi connectivity index (χ0) is 15.4. The third kappa shape index (κ3) is 1.69. The Morgan fingerprint density at radius 1 is 1.00 bits per heavy atom. The van der Waals surface area contributed by atoms with Crippen LogP contribution >= 0.6 is 0 Å². The fourth-order valence-corrected chi connectivity index (χ4v) is 2.81. The van der Waals surface area contributed by atoms with Gasteiger partial charge in [-0.05, 0) is 13.8 Å². The van der Waals surface area contributed by atoms with Crippen LogP contribution in [0.15, 0.2) is 9.59 Å². The Hall–Kier alpha value is -2.05. The smallest absolute Gasteiger partial charge is 0.332 e. The van der Waals surface area contributed by atoms with Crippen LogP contribution in [0.4, 0.5) is 11.5 Å². The first-order valence-corrected chi connectivity index (χ1v) is 6.52. The molecule has 2 rings (SSSR count). The minimum atomic E-state index is -0.441. The fraction of sp³-hybridized carbons (Fsp3) is 0.615. The van der Waals surface area contributed by atoms with E-state index in [-0.39, 0.29) is 23.7 Å². The molecule has 20 heavy (non-hydrogen) atoms. The number of anilines is 2. The van der Waals surface area contributed by atoms with Crippen molar-refractivity contribution in [2.45, 2.75) is 32.9 Å². The van der Waals surface area contributed by atoms with Crippen LogP contribution in [0.2, 0.25) is 0 Å².